The number of alkyl halides is 3. The zero-order valence-electron chi connectivity index (χ0n) is 14.5. The number of carbonyl (C=O) groups excluding carboxylic acids is 1. The third kappa shape index (κ3) is 6.89. The van der Waals surface area contributed by atoms with Crippen LogP contribution in [0.25, 0.3) is 0 Å². The van der Waals surface area contributed by atoms with Crippen molar-refractivity contribution in [2.75, 3.05) is 33.7 Å². The maximum atomic E-state index is 12.3. The van der Waals surface area contributed by atoms with Gasteiger partial charge in [-0.05, 0) is 11.6 Å². The fourth-order valence-corrected chi connectivity index (χ4v) is 2.45. The molecule has 1 unspecified atom stereocenters. The van der Waals surface area contributed by atoms with Crippen LogP contribution in [-0.4, -0.2) is 62.8 Å². The summed E-state index contributed by atoms with van der Waals surface area (Å²) in [6, 6.07) is 7.74. The molecule has 1 aromatic rings. The molecular weight excluding hydrogens is 464 g/mol. The van der Waals surface area contributed by atoms with E-state index in [2.05, 4.69) is 15.6 Å². The molecule has 0 spiro atoms. The Bertz CT molecular complexity index is 615. The normalized spacial score (nSPS) is 16.2. The number of para-hydroxylation sites is 1. The smallest absolute Gasteiger partial charge is 0.406 e. The molecule has 0 saturated carbocycles. The number of nitrogens with one attached hydrogen (secondary N) is 2. The monoisotopic (exact) mass is 486 g/mol. The van der Waals surface area contributed by atoms with Gasteiger partial charge in [0.05, 0.1) is 13.1 Å². The number of ether oxygens (including phenoxy) is 1. The minimum atomic E-state index is -4.42. The number of fused-ring (bicyclic) bond motifs is 1. The second-order valence-corrected chi connectivity index (χ2v) is 5.72. The van der Waals surface area contributed by atoms with Gasteiger partial charge in [0.25, 0.3) is 0 Å². The third-order valence-electron chi connectivity index (χ3n) is 3.68. The van der Waals surface area contributed by atoms with E-state index in [9.17, 15) is 18.0 Å². The SMILES string of the molecule is CN=C(NCC(=O)N(C)CC(F)(F)F)NCC1Cc2ccccc2O1.I. The Hall–Kier alpha value is -1.72. The van der Waals surface area contributed by atoms with Gasteiger partial charge in [-0.2, -0.15) is 13.2 Å². The molecule has 0 aliphatic carbocycles. The molecule has 0 bridgehead atoms. The summed E-state index contributed by atoms with van der Waals surface area (Å²) >= 11 is 0. The molecule has 1 amide bonds. The molecule has 2 N–H and O–H groups in total. The van der Waals surface area contributed by atoms with Crippen molar-refractivity contribution in [3.8, 4) is 5.75 Å². The van der Waals surface area contributed by atoms with Crippen LogP contribution in [0.4, 0.5) is 13.2 Å². The highest BCUT2D eigenvalue weighted by molar-refractivity contribution is 14.0. The number of halogens is 4. The second-order valence-electron chi connectivity index (χ2n) is 5.72. The average Bonchev–Trinajstić information content (AvgIpc) is 2.96. The van der Waals surface area contributed by atoms with Crippen LogP contribution in [0.5, 0.6) is 5.75 Å². The number of likely N-dealkylation sites (N-methyl/N-ethyl adjacent to an activating group) is 1. The van der Waals surface area contributed by atoms with Gasteiger partial charge in [-0.15, -0.1) is 24.0 Å². The molecule has 0 radical (unpaired) electrons. The van der Waals surface area contributed by atoms with Gasteiger partial charge in [0, 0.05) is 20.5 Å². The van der Waals surface area contributed by atoms with Crippen LogP contribution < -0.4 is 15.4 Å². The van der Waals surface area contributed by atoms with Crippen LogP contribution in [0.15, 0.2) is 29.3 Å². The molecule has 0 saturated heterocycles. The standard InChI is InChI=1S/C16H21F3N4O2.HI/c1-20-15(22-9-14(24)23(2)10-16(17,18)19)21-8-12-7-11-5-3-4-6-13(11)25-12;/h3-6,12H,7-10H2,1-2H3,(H2,20,21,22);1H. The molecule has 146 valence electrons. The van der Waals surface area contributed by atoms with Crippen molar-refractivity contribution in [2.45, 2.75) is 18.7 Å². The molecule has 1 aliphatic heterocycles. The summed E-state index contributed by atoms with van der Waals surface area (Å²) in [6.07, 6.45) is -3.73. The van der Waals surface area contributed by atoms with Crippen LogP contribution in [0, 0.1) is 0 Å². The Kier molecular flexibility index (Phi) is 8.44. The minimum Gasteiger partial charge on any atom is -0.488 e. The molecule has 6 nitrogen and oxygen atoms in total. The van der Waals surface area contributed by atoms with Gasteiger partial charge in [0.1, 0.15) is 18.4 Å². The number of hydrogen-bond acceptors (Lipinski definition) is 3. The molecule has 1 heterocycles. The Morgan fingerprint density at radius 1 is 1.35 bits per heavy atom. The lowest BCUT2D eigenvalue weighted by Gasteiger charge is -2.20. The van der Waals surface area contributed by atoms with Gasteiger partial charge < -0.3 is 20.3 Å². The summed E-state index contributed by atoms with van der Waals surface area (Å²) in [7, 11) is 2.63. The third-order valence-corrected chi connectivity index (χ3v) is 3.68. The van der Waals surface area contributed by atoms with Crippen molar-refractivity contribution in [2.24, 2.45) is 4.99 Å². The van der Waals surface area contributed by atoms with Crippen molar-refractivity contribution in [1.82, 2.24) is 15.5 Å². The maximum Gasteiger partial charge on any atom is 0.406 e. The number of aliphatic imine (C=N–C) groups is 1. The lowest BCUT2D eigenvalue weighted by Crippen LogP contribution is -2.47. The van der Waals surface area contributed by atoms with Gasteiger partial charge in [-0.3, -0.25) is 9.79 Å². The lowest BCUT2D eigenvalue weighted by molar-refractivity contribution is -0.157. The summed E-state index contributed by atoms with van der Waals surface area (Å²) in [6.45, 7) is -1.10. The Labute approximate surface area is 167 Å². The van der Waals surface area contributed by atoms with E-state index < -0.39 is 18.6 Å². The summed E-state index contributed by atoms with van der Waals surface area (Å²) in [4.78, 5) is 16.3. The first-order valence-corrected chi connectivity index (χ1v) is 7.78. The fraction of sp³-hybridized carbons (Fsp3) is 0.500. The highest BCUT2D eigenvalue weighted by Crippen LogP contribution is 2.27. The lowest BCUT2D eigenvalue weighted by atomic mass is 10.1. The van der Waals surface area contributed by atoms with E-state index in [4.69, 9.17) is 4.74 Å². The number of benzene rings is 1. The van der Waals surface area contributed by atoms with Crippen molar-refractivity contribution in [1.29, 1.82) is 0 Å². The topological polar surface area (TPSA) is 66.0 Å². The quantitative estimate of drug-likeness (QED) is 0.379. The van der Waals surface area contributed by atoms with Crippen molar-refractivity contribution >= 4 is 35.8 Å². The van der Waals surface area contributed by atoms with Crippen LogP contribution >= 0.6 is 24.0 Å². The predicted octanol–water partition coefficient (Wildman–Crippen LogP) is 1.79. The number of amides is 1. The van der Waals surface area contributed by atoms with Crippen molar-refractivity contribution in [3.63, 3.8) is 0 Å². The van der Waals surface area contributed by atoms with Gasteiger partial charge in [0.2, 0.25) is 5.91 Å². The summed E-state index contributed by atoms with van der Waals surface area (Å²) < 4.78 is 42.6. The number of nitrogens with zero attached hydrogens (tertiary/aromatic N) is 2. The van der Waals surface area contributed by atoms with Gasteiger partial charge >= 0.3 is 6.18 Å². The Morgan fingerprint density at radius 2 is 2.04 bits per heavy atom. The molecule has 10 heteroatoms. The number of hydrogen-bond donors (Lipinski definition) is 2. The van der Waals surface area contributed by atoms with E-state index in [1.165, 1.54) is 7.05 Å². The summed E-state index contributed by atoms with van der Waals surface area (Å²) in [5, 5.41) is 5.72. The Balaban J connectivity index is 0.00000338. The van der Waals surface area contributed by atoms with Crippen LogP contribution in [-0.2, 0) is 11.2 Å². The van der Waals surface area contributed by atoms with E-state index in [0.29, 0.717) is 17.4 Å². The predicted molar refractivity (Wildman–Crippen MR) is 103 cm³/mol. The molecule has 1 aliphatic rings. The highest BCUT2D eigenvalue weighted by atomic mass is 127. The summed E-state index contributed by atoms with van der Waals surface area (Å²) in [5.74, 6) is 0.499. The minimum absolute atomic E-state index is 0. The Morgan fingerprint density at radius 3 is 2.65 bits per heavy atom. The molecule has 0 fully saturated rings. The first-order valence-electron chi connectivity index (χ1n) is 7.78. The van der Waals surface area contributed by atoms with E-state index in [1.807, 2.05) is 24.3 Å². The maximum absolute atomic E-state index is 12.3. The number of carbonyl (C=O) groups is 1. The number of rotatable bonds is 5. The van der Waals surface area contributed by atoms with E-state index in [1.54, 1.807) is 0 Å². The molecular formula is C16H22F3IN4O2. The van der Waals surface area contributed by atoms with E-state index in [-0.39, 0.29) is 36.6 Å². The van der Waals surface area contributed by atoms with Crippen molar-refractivity contribution in [3.05, 3.63) is 29.8 Å². The van der Waals surface area contributed by atoms with Gasteiger partial charge in [-0.25, -0.2) is 0 Å². The molecule has 0 aromatic heterocycles. The molecule has 2 rings (SSSR count). The average molecular weight is 486 g/mol. The van der Waals surface area contributed by atoms with Crippen LogP contribution in [0.1, 0.15) is 5.56 Å². The fourth-order valence-electron chi connectivity index (χ4n) is 2.45. The van der Waals surface area contributed by atoms with Crippen LogP contribution in [0.3, 0.4) is 0 Å². The van der Waals surface area contributed by atoms with Gasteiger partial charge in [0.15, 0.2) is 5.96 Å². The molecule has 1 atom stereocenters. The second kappa shape index (κ2) is 9.83. The van der Waals surface area contributed by atoms with Gasteiger partial charge in [-0.1, -0.05) is 18.2 Å². The largest absolute Gasteiger partial charge is 0.488 e. The van der Waals surface area contributed by atoms with E-state index in [0.717, 1.165) is 24.8 Å². The molecule has 26 heavy (non-hydrogen) atoms. The zero-order chi connectivity index (χ0) is 18.4. The zero-order valence-corrected chi connectivity index (χ0v) is 16.8. The summed E-state index contributed by atoms with van der Waals surface area (Å²) in [5.41, 5.74) is 1.13. The first-order chi connectivity index (χ1) is 11.8. The molecule has 1 aromatic carbocycles. The van der Waals surface area contributed by atoms with Crippen LogP contribution in [0.2, 0.25) is 0 Å². The highest BCUT2D eigenvalue weighted by Gasteiger charge is 2.31. The van der Waals surface area contributed by atoms with Crippen molar-refractivity contribution < 1.29 is 22.7 Å². The van der Waals surface area contributed by atoms with E-state index >= 15 is 0 Å². The first kappa shape index (κ1) is 22.3. The number of guanidine groups is 1.